The maximum atomic E-state index is 11.9. The van der Waals surface area contributed by atoms with E-state index in [4.69, 9.17) is 10.8 Å². The molecule has 8 heteroatoms. The summed E-state index contributed by atoms with van der Waals surface area (Å²) in [5, 5.41) is 18.1. The van der Waals surface area contributed by atoms with Crippen LogP contribution in [0.2, 0.25) is 0 Å². The van der Waals surface area contributed by atoms with Crippen LogP contribution in [0.5, 0.6) is 0 Å². The Morgan fingerprint density at radius 1 is 1.42 bits per heavy atom. The molecule has 1 aromatic heterocycles. The summed E-state index contributed by atoms with van der Waals surface area (Å²) in [4.78, 5) is 22.7. The molecule has 1 heterocycles. The van der Waals surface area contributed by atoms with E-state index in [9.17, 15) is 9.59 Å². The van der Waals surface area contributed by atoms with Crippen LogP contribution in [0.3, 0.4) is 0 Å². The maximum absolute atomic E-state index is 11.9. The minimum Gasteiger partial charge on any atom is -0.481 e. The van der Waals surface area contributed by atoms with Crippen LogP contribution in [0.15, 0.2) is 4.63 Å². The third-order valence-electron chi connectivity index (χ3n) is 2.34. The molecule has 1 unspecified atom stereocenters. The fraction of sp³-hybridized carbons (Fsp3) is 0.636. The molecule has 1 atom stereocenters. The molecule has 0 saturated heterocycles. The highest BCUT2D eigenvalue weighted by Crippen LogP contribution is 2.22. The first-order chi connectivity index (χ1) is 8.69. The number of carbonyl (C=O) groups excluding carboxylic acids is 1. The zero-order valence-electron chi connectivity index (χ0n) is 11.1. The number of carboxylic acids is 1. The van der Waals surface area contributed by atoms with Gasteiger partial charge < -0.3 is 16.2 Å². The van der Waals surface area contributed by atoms with Crippen molar-refractivity contribution >= 4 is 17.7 Å². The predicted octanol–water partition coefficient (Wildman–Crippen LogP) is 0.661. The molecule has 1 rings (SSSR count). The number of aliphatic carboxylic acids is 1. The lowest BCUT2D eigenvalue weighted by molar-refractivity contribution is -0.137. The lowest BCUT2D eigenvalue weighted by Crippen LogP contribution is -2.39. The van der Waals surface area contributed by atoms with E-state index in [1.807, 2.05) is 20.8 Å². The van der Waals surface area contributed by atoms with Crippen molar-refractivity contribution in [2.45, 2.75) is 39.7 Å². The quantitative estimate of drug-likeness (QED) is 0.716. The minimum atomic E-state index is -0.985. The third kappa shape index (κ3) is 4.94. The molecular weight excluding hydrogens is 252 g/mol. The molecular formula is C11H18N4O4. The van der Waals surface area contributed by atoms with E-state index in [-0.39, 0.29) is 23.3 Å². The highest BCUT2D eigenvalue weighted by Gasteiger charge is 2.25. The van der Waals surface area contributed by atoms with Crippen molar-refractivity contribution in [3.05, 3.63) is 5.69 Å². The number of amides is 1. The zero-order valence-corrected chi connectivity index (χ0v) is 11.1. The molecule has 0 radical (unpaired) electrons. The second-order valence-electron chi connectivity index (χ2n) is 5.53. The van der Waals surface area contributed by atoms with Crippen LogP contribution in [-0.4, -0.2) is 33.3 Å². The molecule has 106 valence electrons. The van der Waals surface area contributed by atoms with E-state index in [1.54, 1.807) is 0 Å². The second kappa shape index (κ2) is 5.68. The Kier molecular flexibility index (Phi) is 4.47. The van der Waals surface area contributed by atoms with Crippen LogP contribution in [-0.2, 0) is 4.79 Å². The van der Waals surface area contributed by atoms with E-state index in [2.05, 4.69) is 20.3 Å². The summed E-state index contributed by atoms with van der Waals surface area (Å²) in [5.74, 6) is -1.70. The van der Waals surface area contributed by atoms with E-state index in [0.717, 1.165) is 0 Å². The number of nitrogen functional groups attached to an aromatic ring is 1. The molecule has 0 spiro atoms. The van der Waals surface area contributed by atoms with Crippen molar-refractivity contribution in [3.63, 3.8) is 0 Å². The molecule has 0 bridgehead atoms. The van der Waals surface area contributed by atoms with Crippen LogP contribution >= 0.6 is 0 Å². The van der Waals surface area contributed by atoms with E-state index < -0.39 is 17.9 Å². The summed E-state index contributed by atoms with van der Waals surface area (Å²) in [7, 11) is 0. The van der Waals surface area contributed by atoms with Crippen molar-refractivity contribution in [2.24, 2.45) is 5.41 Å². The summed E-state index contributed by atoms with van der Waals surface area (Å²) in [6, 6.07) is -0.513. The number of rotatable bonds is 5. The molecule has 4 N–H and O–H groups in total. The third-order valence-corrected chi connectivity index (χ3v) is 2.34. The average molecular weight is 270 g/mol. The van der Waals surface area contributed by atoms with Gasteiger partial charge in [0.15, 0.2) is 0 Å². The normalized spacial score (nSPS) is 13.0. The molecule has 8 nitrogen and oxygen atoms in total. The molecule has 0 aliphatic rings. The van der Waals surface area contributed by atoms with Crippen molar-refractivity contribution in [1.82, 2.24) is 15.6 Å². The number of nitrogens with one attached hydrogen (secondary N) is 1. The van der Waals surface area contributed by atoms with Gasteiger partial charge in [0.25, 0.3) is 5.91 Å². The van der Waals surface area contributed by atoms with Crippen LogP contribution in [0, 0.1) is 5.41 Å². The van der Waals surface area contributed by atoms with Crippen LogP contribution in [0.4, 0.5) is 5.82 Å². The zero-order chi connectivity index (χ0) is 14.6. The van der Waals surface area contributed by atoms with Gasteiger partial charge in [-0.3, -0.25) is 9.59 Å². The van der Waals surface area contributed by atoms with Gasteiger partial charge in [-0.25, -0.2) is 4.63 Å². The van der Waals surface area contributed by atoms with E-state index >= 15 is 0 Å². The summed E-state index contributed by atoms with van der Waals surface area (Å²) in [6.45, 7) is 5.88. The number of aromatic nitrogens is 2. The van der Waals surface area contributed by atoms with Crippen molar-refractivity contribution in [2.75, 3.05) is 5.73 Å². The topological polar surface area (TPSA) is 131 Å². The first-order valence-electron chi connectivity index (χ1n) is 5.80. The highest BCUT2D eigenvalue weighted by molar-refractivity contribution is 5.96. The molecule has 19 heavy (non-hydrogen) atoms. The fourth-order valence-corrected chi connectivity index (χ4v) is 1.73. The molecule has 1 aromatic rings. The second-order valence-corrected chi connectivity index (χ2v) is 5.53. The number of carbonyl (C=O) groups is 2. The van der Waals surface area contributed by atoms with Crippen LogP contribution in [0.1, 0.15) is 44.1 Å². The van der Waals surface area contributed by atoms with Gasteiger partial charge in [-0.2, -0.15) is 0 Å². The molecule has 0 aliphatic heterocycles. The smallest absolute Gasteiger partial charge is 0.305 e. The molecule has 0 saturated carbocycles. The lowest BCUT2D eigenvalue weighted by atomic mass is 9.87. The standard InChI is InChI=1S/C11H18N4O4/c1-11(2,3)5-6(4-7(16)17)13-10(18)8-9(12)15-19-14-8/h6H,4-5H2,1-3H3,(H2,12,15)(H,13,18)(H,16,17). The fourth-order valence-electron chi connectivity index (χ4n) is 1.73. The summed E-state index contributed by atoms with van der Waals surface area (Å²) in [5.41, 5.74) is 5.14. The lowest BCUT2D eigenvalue weighted by Gasteiger charge is -2.25. The Morgan fingerprint density at radius 3 is 2.47 bits per heavy atom. The monoisotopic (exact) mass is 270 g/mol. The predicted molar refractivity (Wildman–Crippen MR) is 66.3 cm³/mol. The number of carboxylic acid groups (broad SMARTS) is 1. The van der Waals surface area contributed by atoms with Gasteiger partial charge in [-0.1, -0.05) is 20.8 Å². The van der Waals surface area contributed by atoms with Crippen molar-refractivity contribution in [3.8, 4) is 0 Å². The van der Waals surface area contributed by atoms with Gasteiger partial charge in [0.1, 0.15) is 0 Å². The van der Waals surface area contributed by atoms with Crippen molar-refractivity contribution < 1.29 is 19.3 Å². The maximum Gasteiger partial charge on any atom is 0.305 e. The van der Waals surface area contributed by atoms with E-state index in [1.165, 1.54) is 0 Å². The number of hydrogen-bond acceptors (Lipinski definition) is 6. The Morgan fingerprint density at radius 2 is 2.05 bits per heavy atom. The van der Waals surface area contributed by atoms with Gasteiger partial charge in [0, 0.05) is 6.04 Å². The number of hydrogen-bond donors (Lipinski definition) is 3. The van der Waals surface area contributed by atoms with Gasteiger partial charge >= 0.3 is 5.97 Å². The number of nitrogens with zero attached hydrogens (tertiary/aromatic N) is 2. The van der Waals surface area contributed by atoms with Crippen LogP contribution < -0.4 is 11.1 Å². The van der Waals surface area contributed by atoms with Crippen molar-refractivity contribution in [1.29, 1.82) is 0 Å². The van der Waals surface area contributed by atoms with Gasteiger partial charge in [-0.15, -0.1) is 0 Å². The average Bonchev–Trinajstić information content (AvgIpc) is 2.60. The Bertz CT molecular complexity index is 464. The van der Waals surface area contributed by atoms with E-state index in [0.29, 0.717) is 6.42 Å². The first-order valence-corrected chi connectivity index (χ1v) is 5.80. The molecule has 1 amide bonds. The number of anilines is 1. The van der Waals surface area contributed by atoms with Gasteiger partial charge in [0.05, 0.1) is 6.42 Å². The Hall–Kier alpha value is -2.12. The van der Waals surface area contributed by atoms with Crippen LogP contribution in [0.25, 0.3) is 0 Å². The summed E-state index contributed by atoms with van der Waals surface area (Å²) in [6.07, 6.45) is 0.338. The molecule has 0 aromatic carbocycles. The largest absolute Gasteiger partial charge is 0.481 e. The van der Waals surface area contributed by atoms with Gasteiger partial charge in [0.2, 0.25) is 11.5 Å². The summed E-state index contributed by atoms with van der Waals surface area (Å²) >= 11 is 0. The molecule has 0 fully saturated rings. The SMILES string of the molecule is CC(C)(C)CC(CC(=O)O)NC(=O)c1nonc1N. The minimum absolute atomic E-state index is 0.123. The first kappa shape index (κ1) is 14.9. The highest BCUT2D eigenvalue weighted by atomic mass is 16.6. The Balaban J connectivity index is 2.74. The summed E-state index contributed by atoms with van der Waals surface area (Å²) < 4.78 is 4.33. The number of nitrogens with two attached hydrogens (primary N) is 1. The van der Waals surface area contributed by atoms with Gasteiger partial charge in [-0.05, 0) is 22.1 Å². The Labute approximate surface area is 110 Å². The molecule has 0 aliphatic carbocycles.